The predicted molar refractivity (Wildman–Crippen MR) is 126 cm³/mol. The Labute approximate surface area is 197 Å². The fraction of sp³-hybridized carbons (Fsp3) is 0.250. The number of nitrogens with one attached hydrogen (secondary N) is 1. The molecule has 0 spiro atoms. The van der Waals surface area contributed by atoms with Crippen LogP contribution in [-0.4, -0.2) is 26.2 Å². The van der Waals surface area contributed by atoms with E-state index in [9.17, 15) is 19.2 Å². The molecule has 1 aromatic heterocycles. The van der Waals surface area contributed by atoms with Crippen LogP contribution >= 0.6 is 15.9 Å². The summed E-state index contributed by atoms with van der Waals surface area (Å²) in [6.07, 6.45) is 2.02. The van der Waals surface area contributed by atoms with E-state index in [1.54, 1.807) is 30.3 Å². The lowest BCUT2D eigenvalue weighted by Crippen LogP contribution is -2.35. The third-order valence-corrected chi connectivity index (χ3v) is 6.93. The molecule has 1 fully saturated rings. The van der Waals surface area contributed by atoms with Crippen molar-refractivity contribution in [3.63, 3.8) is 0 Å². The number of hydrogen-bond acceptors (Lipinski definition) is 4. The van der Waals surface area contributed by atoms with E-state index in [-0.39, 0.29) is 24.8 Å². The van der Waals surface area contributed by atoms with Crippen molar-refractivity contribution in [3.05, 3.63) is 97.3 Å². The number of rotatable bonds is 4. The first-order valence-corrected chi connectivity index (χ1v) is 11.4. The van der Waals surface area contributed by atoms with E-state index in [0.717, 1.165) is 20.2 Å². The van der Waals surface area contributed by atoms with Crippen LogP contribution in [0.3, 0.4) is 0 Å². The summed E-state index contributed by atoms with van der Waals surface area (Å²) in [7, 11) is 0. The number of fused-ring (bicyclic) bond motifs is 1. The summed E-state index contributed by atoms with van der Waals surface area (Å²) in [5.41, 5.74) is 1.14. The van der Waals surface area contributed by atoms with Crippen LogP contribution in [0, 0.1) is 11.8 Å². The fourth-order valence-corrected chi connectivity index (χ4v) is 4.97. The summed E-state index contributed by atoms with van der Waals surface area (Å²) in [6.45, 7) is 1.97. The maximum atomic E-state index is 13.2. The molecule has 0 bridgehead atoms. The Morgan fingerprint density at radius 3 is 2.36 bits per heavy atom. The summed E-state index contributed by atoms with van der Waals surface area (Å²) < 4.78 is 3.28. The molecule has 2 aliphatic rings. The SMILES string of the molecule is CC1=C[C@@H]2C(=O)N(c3ccc(Br)cc3)C(=O)[C@H]2C[C@H]1n1[nH]c(=O)n(Cc2ccccc2)c1=O. The number of halogens is 1. The number of imide groups is 1. The number of aromatic nitrogens is 3. The minimum atomic E-state index is -0.595. The van der Waals surface area contributed by atoms with E-state index in [0.29, 0.717) is 5.69 Å². The molecular formula is C24H21BrN4O4. The highest BCUT2D eigenvalue weighted by atomic mass is 79.9. The monoisotopic (exact) mass is 508 g/mol. The Morgan fingerprint density at radius 1 is 0.970 bits per heavy atom. The van der Waals surface area contributed by atoms with E-state index < -0.39 is 29.3 Å². The van der Waals surface area contributed by atoms with Gasteiger partial charge in [0.25, 0.3) is 0 Å². The van der Waals surface area contributed by atoms with Gasteiger partial charge in [0.05, 0.1) is 30.1 Å². The lowest BCUT2D eigenvalue weighted by atomic mass is 9.80. The molecule has 5 rings (SSSR count). The molecule has 3 atom stereocenters. The van der Waals surface area contributed by atoms with Gasteiger partial charge < -0.3 is 0 Å². The highest BCUT2D eigenvalue weighted by molar-refractivity contribution is 9.10. The molecule has 1 saturated heterocycles. The van der Waals surface area contributed by atoms with Gasteiger partial charge in [0, 0.05) is 4.47 Å². The number of carbonyl (C=O) groups is 2. The van der Waals surface area contributed by atoms with Crippen LogP contribution < -0.4 is 16.3 Å². The van der Waals surface area contributed by atoms with Crippen LogP contribution in [0.4, 0.5) is 5.69 Å². The molecule has 3 aromatic rings. The average molecular weight is 509 g/mol. The van der Waals surface area contributed by atoms with Gasteiger partial charge in [-0.05, 0) is 43.2 Å². The first-order valence-electron chi connectivity index (χ1n) is 10.6. The van der Waals surface area contributed by atoms with Crippen molar-refractivity contribution in [1.82, 2.24) is 14.3 Å². The number of nitrogens with zero attached hydrogens (tertiary/aromatic N) is 3. The third-order valence-electron chi connectivity index (χ3n) is 6.40. The van der Waals surface area contributed by atoms with E-state index in [2.05, 4.69) is 21.0 Å². The summed E-state index contributed by atoms with van der Waals surface area (Å²) in [4.78, 5) is 53.2. The topological polar surface area (TPSA) is 97.2 Å². The number of aromatic amines is 1. The average Bonchev–Trinajstić information content (AvgIpc) is 3.21. The molecule has 33 heavy (non-hydrogen) atoms. The molecule has 168 valence electrons. The molecule has 0 radical (unpaired) electrons. The molecule has 1 N–H and O–H groups in total. The second-order valence-corrected chi connectivity index (χ2v) is 9.34. The van der Waals surface area contributed by atoms with Crippen LogP contribution in [0.1, 0.15) is 24.9 Å². The molecule has 2 aromatic carbocycles. The molecule has 0 saturated carbocycles. The van der Waals surface area contributed by atoms with Gasteiger partial charge in [0.15, 0.2) is 0 Å². The van der Waals surface area contributed by atoms with E-state index in [4.69, 9.17) is 0 Å². The number of allylic oxidation sites excluding steroid dienone is 1. The molecule has 0 unspecified atom stereocenters. The maximum absolute atomic E-state index is 13.2. The second-order valence-electron chi connectivity index (χ2n) is 8.42. The van der Waals surface area contributed by atoms with Gasteiger partial charge in [0.2, 0.25) is 11.8 Å². The quantitative estimate of drug-likeness (QED) is 0.432. The van der Waals surface area contributed by atoms with Crippen LogP contribution in [0.25, 0.3) is 0 Å². The predicted octanol–water partition coefficient (Wildman–Crippen LogP) is 2.85. The Hall–Kier alpha value is -3.46. The number of amides is 2. The largest absolute Gasteiger partial charge is 0.347 e. The number of benzene rings is 2. The Balaban J connectivity index is 1.46. The van der Waals surface area contributed by atoms with Gasteiger partial charge in [-0.25, -0.2) is 28.8 Å². The molecule has 9 heteroatoms. The van der Waals surface area contributed by atoms with Gasteiger partial charge >= 0.3 is 11.4 Å². The van der Waals surface area contributed by atoms with Crippen molar-refractivity contribution >= 4 is 33.4 Å². The highest BCUT2D eigenvalue weighted by Gasteiger charge is 2.50. The van der Waals surface area contributed by atoms with E-state index >= 15 is 0 Å². The van der Waals surface area contributed by atoms with Crippen molar-refractivity contribution in [2.75, 3.05) is 4.90 Å². The zero-order chi connectivity index (χ0) is 23.3. The number of anilines is 1. The summed E-state index contributed by atoms with van der Waals surface area (Å²) in [5.74, 6) is -1.73. The van der Waals surface area contributed by atoms with Gasteiger partial charge in [-0.15, -0.1) is 0 Å². The Kier molecular flexibility index (Phi) is 5.28. The maximum Gasteiger partial charge on any atom is 0.347 e. The van der Waals surface area contributed by atoms with Crippen molar-refractivity contribution in [2.24, 2.45) is 11.8 Å². The molecule has 2 amide bonds. The summed E-state index contributed by atoms with van der Waals surface area (Å²) in [5, 5.41) is 2.64. The lowest BCUT2D eigenvalue weighted by Gasteiger charge is -2.27. The van der Waals surface area contributed by atoms with Gasteiger partial charge in [-0.3, -0.25) is 9.59 Å². The minimum Gasteiger partial charge on any atom is -0.274 e. The lowest BCUT2D eigenvalue weighted by molar-refractivity contribution is -0.122. The zero-order valence-electron chi connectivity index (χ0n) is 17.8. The molecule has 8 nitrogen and oxygen atoms in total. The number of hydrogen-bond donors (Lipinski definition) is 1. The molecular weight excluding hydrogens is 488 g/mol. The first kappa shape index (κ1) is 21.4. The highest BCUT2D eigenvalue weighted by Crippen LogP contribution is 2.42. The fourth-order valence-electron chi connectivity index (χ4n) is 4.70. The van der Waals surface area contributed by atoms with Crippen molar-refractivity contribution in [3.8, 4) is 0 Å². The number of carbonyl (C=O) groups excluding carboxylic acids is 2. The third kappa shape index (κ3) is 3.62. The number of H-pyrrole nitrogens is 1. The first-order chi connectivity index (χ1) is 15.8. The van der Waals surface area contributed by atoms with Crippen LogP contribution in [-0.2, 0) is 16.1 Å². The van der Waals surface area contributed by atoms with Gasteiger partial charge in [0.1, 0.15) is 0 Å². The zero-order valence-corrected chi connectivity index (χ0v) is 19.4. The van der Waals surface area contributed by atoms with Gasteiger partial charge in [-0.2, -0.15) is 0 Å². The van der Waals surface area contributed by atoms with E-state index in [1.165, 1.54) is 9.58 Å². The van der Waals surface area contributed by atoms with Crippen LogP contribution in [0.2, 0.25) is 0 Å². The standard InChI is InChI=1S/C24H21BrN4O4/c1-14-11-18-19(22(31)28(21(18)30)17-9-7-16(25)8-10-17)12-20(14)29-24(33)27(23(32)26-29)13-15-5-3-2-4-6-15/h2-11,18-20H,12-13H2,1H3,(H,26,32)/t18-,19-,20+/m0/s1. The smallest absolute Gasteiger partial charge is 0.274 e. The van der Waals surface area contributed by atoms with Crippen molar-refractivity contribution in [1.29, 1.82) is 0 Å². The van der Waals surface area contributed by atoms with Crippen molar-refractivity contribution in [2.45, 2.75) is 25.9 Å². The van der Waals surface area contributed by atoms with Crippen LogP contribution in [0.5, 0.6) is 0 Å². The molecule has 1 aliphatic carbocycles. The summed E-state index contributed by atoms with van der Waals surface area (Å²) >= 11 is 3.36. The van der Waals surface area contributed by atoms with Crippen molar-refractivity contribution < 1.29 is 9.59 Å². The van der Waals surface area contributed by atoms with Crippen LogP contribution in [0.15, 0.2) is 80.3 Å². The summed E-state index contributed by atoms with van der Waals surface area (Å²) in [6, 6.07) is 15.7. The minimum absolute atomic E-state index is 0.151. The van der Waals surface area contributed by atoms with Gasteiger partial charge in [-0.1, -0.05) is 57.9 Å². The Bertz CT molecular complexity index is 1380. The second kappa shape index (κ2) is 8.15. The normalized spacial score (nSPS) is 22.4. The molecule has 2 heterocycles. The Morgan fingerprint density at radius 2 is 1.67 bits per heavy atom. The molecule has 1 aliphatic heterocycles. The van der Waals surface area contributed by atoms with E-state index in [1.807, 2.05) is 37.3 Å².